The number of rotatable bonds is 6. The number of aryl methyl sites for hydroxylation is 2. The molecule has 0 fully saturated rings. The molecule has 0 aliphatic rings. The first-order valence-corrected chi connectivity index (χ1v) is 7.43. The maximum atomic E-state index is 5.60. The normalized spacial score (nSPS) is 11.1. The first kappa shape index (κ1) is 15.6. The number of aromatic nitrogens is 1. The maximum absolute atomic E-state index is 5.60. The predicted octanol–water partition coefficient (Wildman–Crippen LogP) is 3.80. The highest BCUT2D eigenvalue weighted by Gasteiger charge is 2.13. The lowest BCUT2D eigenvalue weighted by molar-refractivity contribution is 0.540. The lowest BCUT2D eigenvalue weighted by atomic mass is 10.1. The minimum Gasteiger partial charge on any atom is -0.431 e. The van der Waals surface area contributed by atoms with Crippen LogP contribution >= 0.6 is 0 Å². The Labute approximate surface area is 127 Å². The highest BCUT2D eigenvalue weighted by atomic mass is 16.4. The first-order chi connectivity index (χ1) is 9.97. The summed E-state index contributed by atoms with van der Waals surface area (Å²) < 4.78 is 5.60. The van der Waals surface area contributed by atoms with Crippen molar-refractivity contribution in [2.24, 2.45) is 5.92 Å². The Kier molecular flexibility index (Phi) is 5.02. The van der Waals surface area contributed by atoms with Crippen molar-refractivity contribution in [3.8, 4) is 0 Å². The van der Waals surface area contributed by atoms with Crippen LogP contribution in [-0.4, -0.2) is 18.6 Å². The molecule has 4 nitrogen and oxygen atoms in total. The Morgan fingerprint density at radius 3 is 2.71 bits per heavy atom. The number of nitrogens with zero attached hydrogens (tertiary/aromatic N) is 2. The van der Waals surface area contributed by atoms with Crippen LogP contribution in [0.5, 0.6) is 0 Å². The van der Waals surface area contributed by atoms with Gasteiger partial charge in [-0.1, -0.05) is 31.5 Å². The van der Waals surface area contributed by atoms with E-state index in [2.05, 4.69) is 56.2 Å². The van der Waals surface area contributed by atoms with Gasteiger partial charge in [0, 0.05) is 19.3 Å². The minimum absolute atomic E-state index is 0.628. The standard InChI is InChI=1S/C17H25N3O/c1-12(2)9-18-10-15-11-21-17(19-15)20(5)16-7-6-13(3)8-14(16)4/h6-8,11-12,18H,9-10H2,1-5H3. The van der Waals surface area contributed by atoms with Crippen LogP contribution in [0.3, 0.4) is 0 Å². The number of benzene rings is 1. The molecule has 4 heteroatoms. The van der Waals surface area contributed by atoms with E-state index in [1.54, 1.807) is 6.26 Å². The van der Waals surface area contributed by atoms with Gasteiger partial charge in [0.1, 0.15) is 6.26 Å². The molecule has 1 aromatic heterocycles. The van der Waals surface area contributed by atoms with Crippen LogP contribution in [0.15, 0.2) is 28.9 Å². The second-order valence-corrected chi connectivity index (χ2v) is 6.00. The van der Waals surface area contributed by atoms with Crippen LogP contribution in [0, 0.1) is 19.8 Å². The maximum Gasteiger partial charge on any atom is 0.301 e. The molecule has 1 aromatic carbocycles. The van der Waals surface area contributed by atoms with Crippen molar-refractivity contribution in [3.05, 3.63) is 41.3 Å². The first-order valence-electron chi connectivity index (χ1n) is 7.43. The van der Waals surface area contributed by atoms with Gasteiger partial charge in [-0.15, -0.1) is 0 Å². The molecule has 0 spiro atoms. The van der Waals surface area contributed by atoms with Gasteiger partial charge >= 0.3 is 6.01 Å². The molecule has 0 amide bonds. The minimum atomic E-state index is 0.628. The number of hydrogen-bond acceptors (Lipinski definition) is 4. The average molecular weight is 287 g/mol. The van der Waals surface area contributed by atoms with E-state index in [9.17, 15) is 0 Å². The summed E-state index contributed by atoms with van der Waals surface area (Å²) >= 11 is 0. The second-order valence-electron chi connectivity index (χ2n) is 6.00. The van der Waals surface area contributed by atoms with Crippen molar-refractivity contribution in [3.63, 3.8) is 0 Å². The van der Waals surface area contributed by atoms with Crippen molar-refractivity contribution in [2.45, 2.75) is 34.2 Å². The van der Waals surface area contributed by atoms with E-state index >= 15 is 0 Å². The topological polar surface area (TPSA) is 41.3 Å². The zero-order chi connectivity index (χ0) is 15.4. The third kappa shape index (κ3) is 4.08. The molecular formula is C17H25N3O. The van der Waals surface area contributed by atoms with Gasteiger partial charge in [0.05, 0.1) is 5.69 Å². The van der Waals surface area contributed by atoms with Crippen LogP contribution in [-0.2, 0) is 6.54 Å². The third-order valence-corrected chi connectivity index (χ3v) is 3.40. The van der Waals surface area contributed by atoms with Crippen molar-refractivity contribution in [1.29, 1.82) is 0 Å². The van der Waals surface area contributed by atoms with E-state index in [1.807, 2.05) is 11.9 Å². The van der Waals surface area contributed by atoms with Crippen LogP contribution in [0.1, 0.15) is 30.7 Å². The lowest BCUT2D eigenvalue weighted by Gasteiger charge is -2.17. The van der Waals surface area contributed by atoms with Gasteiger partial charge in [0.15, 0.2) is 0 Å². The molecule has 1 N–H and O–H groups in total. The Balaban J connectivity index is 2.06. The molecule has 0 saturated carbocycles. The monoisotopic (exact) mass is 287 g/mol. The van der Waals surface area contributed by atoms with E-state index in [4.69, 9.17) is 4.42 Å². The van der Waals surface area contributed by atoms with E-state index < -0.39 is 0 Å². The molecule has 2 rings (SSSR count). The highest BCUT2D eigenvalue weighted by Crippen LogP contribution is 2.26. The number of anilines is 2. The number of hydrogen-bond donors (Lipinski definition) is 1. The average Bonchev–Trinajstić information content (AvgIpc) is 2.86. The van der Waals surface area contributed by atoms with E-state index in [0.717, 1.165) is 24.5 Å². The van der Waals surface area contributed by atoms with Crippen LogP contribution < -0.4 is 10.2 Å². The van der Waals surface area contributed by atoms with Gasteiger partial charge in [-0.05, 0) is 37.9 Å². The summed E-state index contributed by atoms with van der Waals surface area (Å²) in [5, 5.41) is 3.37. The fourth-order valence-electron chi connectivity index (χ4n) is 2.31. The van der Waals surface area contributed by atoms with Crippen molar-refractivity contribution < 1.29 is 4.42 Å². The largest absolute Gasteiger partial charge is 0.431 e. The van der Waals surface area contributed by atoms with Gasteiger partial charge < -0.3 is 9.73 Å². The summed E-state index contributed by atoms with van der Waals surface area (Å²) in [6, 6.07) is 7.00. The Morgan fingerprint density at radius 1 is 1.29 bits per heavy atom. The summed E-state index contributed by atoms with van der Waals surface area (Å²) in [6.07, 6.45) is 1.72. The molecule has 2 aromatic rings. The molecule has 21 heavy (non-hydrogen) atoms. The summed E-state index contributed by atoms with van der Waals surface area (Å²) in [6.45, 7) is 10.3. The second kappa shape index (κ2) is 6.76. The SMILES string of the molecule is Cc1ccc(N(C)c2nc(CNCC(C)C)co2)c(C)c1. The van der Waals surface area contributed by atoms with E-state index in [-0.39, 0.29) is 0 Å². The zero-order valence-corrected chi connectivity index (χ0v) is 13.6. The molecule has 0 aliphatic heterocycles. The van der Waals surface area contributed by atoms with Gasteiger partial charge in [0.25, 0.3) is 0 Å². The van der Waals surface area contributed by atoms with Gasteiger partial charge in [0.2, 0.25) is 0 Å². The number of oxazole rings is 1. The number of nitrogens with one attached hydrogen (secondary N) is 1. The smallest absolute Gasteiger partial charge is 0.301 e. The molecule has 0 radical (unpaired) electrons. The van der Waals surface area contributed by atoms with E-state index in [0.29, 0.717) is 11.9 Å². The molecule has 0 atom stereocenters. The quantitative estimate of drug-likeness (QED) is 0.877. The molecule has 0 bridgehead atoms. The predicted molar refractivity (Wildman–Crippen MR) is 87.0 cm³/mol. The summed E-state index contributed by atoms with van der Waals surface area (Å²) in [5.41, 5.74) is 4.53. The molecule has 114 valence electrons. The van der Waals surface area contributed by atoms with Gasteiger partial charge in [-0.2, -0.15) is 4.98 Å². The molecule has 1 heterocycles. The van der Waals surface area contributed by atoms with Crippen LogP contribution in [0.25, 0.3) is 0 Å². The summed E-state index contributed by atoms with van der Waals surface area (Å²) in [4.78, 5) is 6.53. The fraction of sp³-hybridized carbons (Fsp3) is 0.471. The Hall–Kier alpha value is -1.81. The zero-order valence-electron chi connectivity index (χ0n) is 13.6. The summed E-state index contributed by atoms with van der Waals surface area (Å²) in [7, 11) is 1.98. The van der Waals surface area contributed by atoms with Crippen LogP contribution in [0.2, 0.25) is 0 Å². The van der Waals surface area contributed by atoms with Gasteiger partial charge in [-0.3, -0.25) is 4.90 Å². The fourth-order valence-corrected chi connectivity index (χ4v) is 2.31. The van der Waals surface area contributed by atoms with Gasteiger partial charge in [-0.25, -0.2) is 0 Å². The molecule has 0 aliphatic carbocycles. The Bertz CT molecular complexity index is 589. The van der Waals surface area contributed by atoms with Crippen molar-refractivity contribution in [1.82, 2.24) is 10.3 Å². The highest BCUT2D eigenvalue weighted by molar-refractivity contribution is 5.60. The summed E-state index contributed by atoms with van der Waals surface area (Å²) in [5.74, 6) is 0.634. The molecule has 0 saturated heterocycles. The third-order valence-electron chi connectivity index (χ3n) is 3.40. The lowest BCUT2D eigenvalue weighted by Crippen LogP contribution is -2.19. The van der Waals surface area contributed by atoms with E-state index in [1.165, 1.54) is 11.1 Å². The van der Waals surface area contributed by atoms with Crippen LogP contribution in [0.4, 0.5) is 11.7 Å². The van der Waals surface area contributed by atoms with Crippen molar-refractivity contribution in [2.75, 3.05) is 18.5 Å². The molecular weight excluding hydrogens is 262 g/mol. The van der Waals surface area contributed by atoms with Crippen molar-refractivity contribution >= 4 is 11.7 Å². The Morgan fingerprint density at radius 2 is 2.05 bits per heavy atom. The molecule has 0 unspecified atom stereocenters.